The molecule has 0 aliphatic heterocycles. The van der Waals surface area contributed by atoms with Gasteiger partial charge in [0.15, 0.2) is 11.5 Å². The fourth-order valence-corrected chi connectivity index (χ4v) is 1.45. The smallest absolute Gasteiger partial charge is 0.226 e. The van der Waals surface area contributed by atoms with E-state index in [1.54, 1.807) is 6.33 Å². The molecule has 0 unspecified atom stereocenters. The quantitative estimate of drug-likeness (QED) is 0.635. The van der Waals surface area contributed by atoms with Gasteiger partial charge in [0.2, 0.25) is 5.28 Å². The van der Waals surface area contributed by atoms with Crippen LogP contribution in [0.25, 0.3) is 11.2 Å². The Balaban J connectivity index is 2.28. The third-order valence-electron chi connectivity index (χ3n) is 2.04. The number of hydrogen-bond donors (Lipinski definition) is 2. The minimum atomic E-state index is 0.194. The molecule has 5 nitrogen and oxygen atoms in total. The molecular weight excluding hydrogens is 226 g/mol. The van der Waals surface area contributed by atoms with E-state index in [4.69, 9.17) is 11.6 Å². The van der Waals surface area contributed by atoms with Crippen LogP contribution in [0.3, 0.4) is 0 Å². The van der Waals surface area contributed by atoms with Crippen molar-refractivity contribution in [1.82, 2.24) is 19.9 Å². The van der Waals surface area contributed by atoms with Gasteiger partial charge in [-0.05, 0) is 25.4 Å². The Morgan fingerprint density at radius 2 is 2.31 bits per heavy atom. The zero-order valence-electron chi connectivity index (χ0n) is 9.08. The number of fused-ring (bicyclic) bond motifs is 1. The maximum atomic E-state index is 5.79. The zero-order valence-corrected chi connectivity index (χ0v) is 9.84. The molecule has 0 saturated carbocycles. The summed E-state index contributed by atoms with van der Waals surface area (Å²) in [6.45, 7) is 4.78. The summed E-state index contributed by atoms with van der Waals surface area (Å²) in [5.41, 5.74) is 2.58. The lowest BCUT2D eigenvalue weighted by atomic mass is 10.3. The SMILES string of the molecule is CC(C)=CCNc1nc(Cl)nc2nc[nH]c12. The van der Waals surface area contributed by atoms with Gasteiger partial charge in [-0.15, -0.1) is 0 Å². The van der Waals surface area contributed by atoms with Crippen molar-refractivity contribution in [3.63, 3.8) is 0 Å². The van der Waals surface area contributed by atoms with E-state index < -0.39 is 0 Å². The molecule has 2 rings (SSSR count). The highest BCUT2D eigenvalue weighted by molar-refractivity contribution is 6.28. The predicted octanol–water partition coefficient (Wildman–Crippen LogP) is 2.38. The normalized spacial score (nSPS) is 10.4. The molecule has 2 aromatic heterocycles. The van der Waals surface area contributed by atoms with Gasteiger partial charge in [0.25, 0.3) is 0 Å². The van der Waals surface area contributed by atoms with Gasteiger partial charge in [-0.2, -0.15) is 9.97 Å². The Labute approximate surface area is 98.0 Å². The van der Waals surface area contributed by atoms with Crippen LogP contribution in [0.1, 0.15) is 13.8 Å². The van der Waals surface area contributed by atoms with Crippen molar-refractivity contribution in [3.8, 4) is 0 Å². The molecule has 6 heteroatoms. The molecule has 0 aliphatic rings. The number of allylic oxidation sites excluding steroid dienone is 1. The second-order valence-corrected chi connectivity index (χ2v) is 3.94. The van der Waals surface area contributed by atoms with Crippen LogP contribution >= 0.6 is 11.6 Å². The lowest BCUT2D eigenvalue weighted by Crippen LogP contribution is -2.03. The predicted molar refractivity (Wildman–Crippen MR) is 64.6 cm³/mol. The summed E-state index contributed by atoms with van der Waals surface area (Å²) in [7, 11) is 0. The number of aromatic amines is 1. The van der Waals surface area contributed by atoms with Gasteiger partial charge in [-0.25, -0.2) is 4.98 Å². The number of anilines is 1. The topological polar surface area (TPSA) is 66.5 Å². The molecule has 84 valence electrons. The van der Waals surface area contributed by atoms with Crippen molar-refractivity contribution in [2.24, 2.45) is 0 Å². The van der Waals surface area contributed by atoms with Gasteiger partial charge in [0.1, 0.15) is 5.52 Å². The maximum absolute atomic E-state index is 5.79. The third-order valence-corrected chi connectivity index (χ3v) is 2.21. The molecule has 0 radical (unpaired) electrons. The highest BCUT2D eigenvalue weighted by Crippen LogP contribution is 2.18. The number of aromatic nitrogens is 4. The van der Waals surface area contributed by atoms with E-state index in [2.05, 4.69) is 31.3 Å². The van der Waals surface area contributed by atoms with E-state index in [0.29, 0.717) is 18.0 Å². The molecule has 2 heterocycles. The highest BCUT2D eigenvalue weighted by atomic mass is 35.5. The lowest BCUT2D eigenvalue weighted by molar-refractivity contribution is 1.16. The second-order valence-electron chi connectivity index (χ2n) is 3.60. The standard InChI is InChI=1S/C10H12ClN5/c1-6(2)3-4-12-8-7-9(14-5-13-7)16-10(11)15-8/h3,5H,4H2,1-2H3,(H2,12,13,14,15,16). The Bertz CT molecular complexity index is 527. The van der Waals surface area contributed by atoms with Gasteiger partial charge >= 0.3 is 0 Å². The first kappa shape index (κ1) is 10.9. The number of rotatable bonds is 3. The van der Waals surface area contributed by atoms with E-state index in [-0.39, 0.29) is 5.28 Å². The minimum Gasteiger partial charge on any atom is -0.365 e. The van der Waals surface area contributed by atoms with E-state index in [9.17, 15) is 0 Å². The number of nitrogens with one attached hydrogen (secondary N) is 2. The van der Waals surface area contributed by atoms with Crippen LogP contribution in [-0.4, -0.2) is 26.5 Å². The summed E-state index contributed by atoms with van der Waals surface area (Å²) >= 11 is 5.79. The Morgan fingerprint density at radius 1 is 1.50 bits per heavy atom. The fraction of sp³-hybridized carbons (Fsp3) is 0.300. The van der Waals surface area contributed by atoms with Crippen molar-refractivity contribution < 1.29 is 0 Å². The van der Waals surface area contributed by atoms with Crippen molar-refractivity contribution in [2.75, 3.05) is 11.9 Å². The van der Waals surface area contributed by atoms with Crippen LogP contribution in [0.5, 0.6) is 0 Å². The average molecular weight is 238 g/mol. The van der Waals surface area contributed by atoms with Gasteiger partial charge in [0.05, 0.1) is 6.33 Å². The van der Waals surface area contributed by atoms with Gasteiger partial charge in [0, 0.05) is 6.54 Å². The van der Waals surface area contributed by atoms with Crippen LogP contribution in [0.2, 0.25) is 5.28 Å². The Kier molecular flexibility index (Phi) is 3.05. The molecule has 0 spiro atoms. The minimum absolute atomic E-state index is 0.194. The number of nitrogens with zero attached hydrogens (tertiary/aromatic N) is 3. The number of halogens is 1. The zero-order chi connectivity index (χ0) is 11.5. The van der Waals surface area contributed by atoms with Gasteiger partial charge in [-0.1, -0.05) is 11.6 Å². The lowest BCUT2D eigenvalue weighted by Gasteiger charge is -2.03. The van der Waals surface area contributed by atoms with Crippen molar-refractivity contribution in [1.29, 1.82) is 0 Å². The monoisotopic (exact) mass is 237 g/mol. The van der Waals surface area contributed by atoms with E-state index >= 15 is 0 Å². The molecule has 2 aromatic rings. The first-order valence-corrected chi connectivity index (χ1v) is 5.28. The van der Waals surface area contributed by atoms with Crippen LogP contribution in [0, 0.1) is 0 Å². The molecule has 0 saturated heterocycles. The summed E-state index contributed by atoms with van der Waals surface area (Å²) < 4.78 is 0. The maximum Gasteiger partial charge on any atom is 0.226 e. The molecule has 2 N–H and O–H groups in total. The van der Waals surface area contributed by atoms with E-state index in [1.807, 2.05) is 13.8 Å². The summed E-state index contributed by atoms with van der Waals surface area (Å²) in [5.74, 6) is 0.671. The molecule has 0 amide bonds. The third kappa shape index (κ3) is 2.30. The highest BCUT2D eigenvalue weighted by Gasteiger charge is 2.07. The van der Waals surface area contributed by atoms with Gasteiger partial charge < -0.3 is 10.3 Å². The Hall–Kier alpha value is -1.62. The summed E-state index contributed by atoms with van der Waals surface area (Å²) in [6.07, 6.45) is 3.64. The fourth-order valence-electron chi connectivity index (χ4n) is 1.29. The van der Waals surface area contributed by atoms with E-state index in [1.165, 1.54) is 5.57 Å². The number of hydrogen-bond acceptors (Lipinski definition) is 4. The molecule has 0 bridgehead atoms. The summed E-state index contributed by atoms with van der Waals surface area (Å²) in [4.78, 5) is 15.1. The largest absolute Gasteiger partial charge is 0.365 e. The van der Waals surface area contributed by atoms with Crippen molar-refractivity contribution >= 4 is 28.6 Å². The van der Waals surface area contributed by atoms with Crippen LogP contribution in [0.4, 0.5) is 5.82 Å². The molecule has 0 aromatic carbocycles. The second kappa shape index (κ2) is 4.49. The van der Waals surface area contributed by atoms with Crippen LogP contribution in [0.15, 0.2) is 18.0 Å². The van der Waals surface area contributed by atoms with Gasteiger partial charge in [-0.3, -0.25) is 0 Å². The number of imidazole rings is 1. The first-order valence-electron chi connectivity index (χ1n) is 4.90. The average Bonchev–Trinajstić information content (AvgIpc) is 2.64. The number of H-pyrrole nitrogens is 1. The molecule has 0 atom stereocenters. The Morgan fingerprint density at radius 3 is 3.06 bits per heavy atom. The van der Waals surface area contributed by atoms with Crippen molar-refractivity contribution in [2.45, 2.75) is 13.8 Å². The summed E-state index contributed by atoms with van der Waals surface area (Å²) in [5, 5.41) is 3.36. The van der Waals surface area contributed by atoms with Crippen molar-refractivity contribution in [3.05, 3.63) is 23.3 Å². The molecule has 0 aliphatic carbocycles. The molecular formula is C10H12ClN5. The molecule has 0 fully saturated rings. The first-order chi connectivity index (χ1) is 7.66. The summed E-state index contributed by atoms with van der Waals surface area (Å²) in [6, 6.07) is 0. The molecule has 16 heavy (non-hydrogen) atoms. The van der Waals surface area contributed by atoms with Crippen LogP contribution < -0.4 is 5.32 Å². The van der Waals surface area contributed by atoms with Crippen LogP contribution in [-0.2, 0) is 0 Å². The van der Waals surface area contributed by atoms with E-state index in [0.717, 1.165) is 5.52 Å².